The summed E-state index contributed by atoms with van der Waals surface area (Å²) in [4.78, 5) is 25.8. The van der Waals surface area contributed by atoms with Crippen molar-refractivity contribution in [2.75, 3.05) is 25.3 Å². The first-order chi connectivity index (χ1) is 11.1. The van der Waals surface area contributed by atoms with Crippen molar-refractivity contribution in [1.29, 1.82) is 0 Å². The van der Waals surface area contributed by atoms with Gasteiger partial charge in [-0.05, 0) is 30.3 Å². The quantitative estimate of drug-likeness (QED) is 0.935. The van der Waals surface area contributed by atoms with Crippen LogP contribution in [0.4, 0.5) is 5.69 Å². The molecule has 118 valence electrons. The largest absolute Gasteiger partial charge is 0.454 e. The second-order valence-corrected chi connectivity index (χ2v) is 5.04. The fraction of sp³-hybridized carbons (Fsp3) is 0.176. The summed E-state index contributed by atoms with van der Waals surface area (Å²) in [6.45, 7) is 0.0689. The fourth-order valence-corrected chi connectivity index (χ4v) is 2.21. The van der Waals surface area contributed by atoms with E-state index < -0.39 is 0 Å². The molecule has 1 aliphatic rings. The number of nitrogens with zero attached hydrogens (tertiary/aromatic N) is 1. The normalized spacial score (nSPS) is 11.9. The highest BCUT2D eigenvalue weighted by Crippen LogP contribution is 2.32. The summed E-state index contributed by atoms with van der Waals surface area (Å²) in [5, 5.41) is 2.61. The highest BCUT2D eigenvalue weighted by Gasteiger charge is 2.17. The van der Waals surface area contributed by atoms with E-state index in [-0.39, 0.29) is 25.2 Å². The molecule has 2 aromatic rings. The van der Waals surface area contributed by atoms with Crippen LogP contribution in [0.25, 0.3) is 0 Å². The molecule has 0 atom stereocenters. The molecule has 2 aromatic carbocycles. The molecule has 1 heterocycles. The highest BCUT2D eigenvalue weighted by molar-refractivity contribution is 6.00. The van der Waals surface area contributed by atoms with Gasteiger partial charge in [-0.15, -0.1) is 0 Å². The first-order valence-electron chi connectivity index (χ1n) is 7.14. The standard InChI is InChI=1S/C17H16N2O4/c1-19(13-5-3-2-4-6-13)16(20)10-18-17(21)12-7-8-14-15(9-12)23-11-22-14/h2-9H,10-11H2,1H3,(H,18,21). The van der Waals surface area contributed by atoms with Crippen LogP contribution in [0.3, 0.4) is 0 Å². The molecule has 2 amide bonds. The van der Waals surface area contributed by atoms with Gasteiger partial charge in [0, 0.05) is 18.3 Å². The molecule has 0 radical (unpaired) electrons. The zero-order valence-corrected chi connectivity index (χ0v) is 12.6. The van der Waals surface area contributed by atoms with Crippen molar-refractivity contribution in [2.24, 2.45) is 0 Å². The van der Waals surface area contributed by atoms with Gasteiger partial charge in [-0.2, -0.15) is 0 Å². The molecule has 0 unspecified atom stereocenters. The smallest absolute Gasteiger partial charge is 0.251 e. The molecule has 0 aromatic heterocycles. The molecule has 3 rings (SSSR count). The van der Waals surface area contributed by atoms with Crippen LogP contribution in [0.15, 0.2) is 48.5 Å². The van der Waals surface area contributed by atoms with Gasteiger partial charge in [0.1, 0.15) is 0 Å². The molecule has 0 saturated heterocycles. The van der Waals surface area contributed by atoms with Gasteiger partial charge in [-0.25, -0.2) is 0 Å². The first-order valence-corrected chi connectivity index (χ1v) is 7.14. The maximum atomic E-state index is 12.1. The van der Waals surface area contributed by atoms with Crippen LogP contribution < -0.4 is 19.7 Å². The summed E-state index contributed by atoms with van der Waals surface area (Å²) in [7, 11) is 1.67. The Bertz CT molecular complexity index is 731. The van der Waals surface area contributed by atoms with E-state index in [1.165, 1.54) is 4.90 Å². The molecular formula is C17H16N2O4. The molecule has 0 fully saturated rings. The SMILES string of the molecule is CN(C(=O)CNC(=O)c1ccc2c(c1)OCO2)c1ccccc1. The number of amides is 2. The Kier molecular flexibility index (Phi) is 4.14. The minimum Gasteiger partial charge on any atom is -0.454 e. The summed E-state index contributed by atoms with van der Waals surface area (Å²) >= 11 is 0. The highest BCUT2D eigenvalue weighted by atomic mass is 16.7. The zero-order chi connectivity index (χ0) is 16.2. The van der Waals surface area contributed by atoms with Crippen LogP contribution in [0.1, 0.15) is 10.4 Å². The van der Waals surface area contributed by atoms with Crippen molar-refractivity contribution in [3.8, 4) is 11.5 Å². The van der Waals surface area contributed by atoms with Crippen molar-refractivity contribution in [3.63, 3.8) is 0 Å². The molecule has 0 spiro atoms. The number of ether oxygens (including phenoxy) is 2. The van der Waals surface area contributed by atoms with Crippen molar-refractivity contribution in [1.82, 2.24) is 5.32 Å². The van der Waals surface area contributed by atoms with E-state index in [4.69, 9.17) is 9.47 Å². The van der Waals surface area contributed by atoms with E-state index in [0.29, 0.717) is 17.1 Å². The topological polar surface area (TPSA) is 67.9 Å². The summed E-state index contributed by atoms with van der Waals surface area (Å²) in [6, 6.07) is 14.2. The van der Waals surface area contributed by atoms with E-state index in [1.807, 2.05) is 30.3 Å². The summed E-state index contributed by atoms with van der Waals surface area (Å²) in [5.41, 5.74) is 1.19. The number of anilines is 1. The summed E-state index contributed by atoms with van der Waals surface area (Å²) < 4.78 is 10.4. The third-order valence-electron chi connectivity index (χ3n) is 3.55. The third kappa shape index (κ3) is 3.26. The van der Waals surface area contributed by atoms with E-state index in [2.05, 4.69) is 5.32 Å². The Morgan fingerprint density at radius 1 is 1.09 bits per heavy atom. The van der Waals surface area contributed by atoms with Gasteiger partial charge in [0.2, 0.25) is 12.7 Å². The second kappa shape index (κ2) is 6.39. The zero-order valence-electron chi connectivity index (χ0n) is 12.6. The predicted octanol–water partition coefficient (Wildman–Crippen LogP) is 1.81. The molecule has 1 N–H and O–H groups in total. The van der Waals surface area contributed by atoms with Crippen molar-refractivity contribution in [2.45, 2.75) is 0 Å². The van der Waals surface area contributed by atoms with E-state index in [1.54, 1.807) is 25.2 Å². The number of likely N-dealkylation sites (N-methyl/N-ethyl adjacent to an activating group) is 1. The van der Waals surface area contributed by atoms with Gasteiger partial charge in [0.05, 0.1) is 6.54 Å². The Labute approximate surface area is 133 Å². The lowest BCUT2D eigenvalue weighted by molar-refractivity contribution is -0.117. The summed E-state index contributed by atoms with van der Waals surface area (Å²) in [5.74, 6) is 0.607. The molecule has 6 heteroatoms. The third-order valence-corrected chi connectivity index (χ3v) is 3.55. The average Bonchev–Trinajstić information content (AvgIpc) is 3.07. The molecule has 0 bridgehead atoms. The monoisotopic (exact) mass is 312 g/mol. The van der Waals surface area contributed by atoms with E-state index in [9.17, 15) is 9.59 Å². The summed E-state index contributed by atoms with van der Waals surface area (Å²) in [6.07, 6.45) is 0. The van der Waals surface area contributed by atoms with Crippen molar-refractivity contribution < 1.29 is 19.1 Å². The van der Waals surface area contributed by atoms with Gasteiger partial charge in [0.25, 0.3) is 5.91 Å². The Morgan fingerprint density at radius 2 is 1.83 bits per heavy atom. The Hall–Kier alpha value is -3.02. The van der Waals surface area contributed by atoms with Gasteiger partial charge >= 0.3 is 0 Å². The predicted molar refractivity (Wildman–Crippen MR) is 84.8 cm³/mol. The number of carbonyl (C=O) groups is 2. The fourth-order valence-electron chi connectivity index (χ4n) is 2.21. The number of fused-ring (bicyclic) bond motifs is 1. The lowest BCUT2D eigenvalue weighted by Crippen LogP contribution is -2.38. The lowest BCUT2D eigenvalue weighted by Gasteiger charge is -2.17. The minimum atomic E-state index is -0.335. The maximum absolute atomic E-state index is 12.1. The first kappa shape index (κ1) is 14.9. The molecule has 0 saturated carbocycles. The van der Waals surface area contributed by atoms with Crippen molar-refractivity contribution >= 4 is 17.5 Å². The van der Waals surface area contributed by atoms with Gasteiger partial charge < -0.3 is 19.7 Å². The molecule has 23 heavy (non-hydrogen) atoms. The van der Waals surface area contributed by atoms with Gasteiger partial charge in [-0.1, -0.05) is 18.2 Å². The molecule has 0 aliphatic carbocycles. The van der Waals surface area contributed by atoms with Crippen LogP contribution >= 0.6 is 0 Å². The Morgan fingerprint density at radius 3 is 2.61 bits per heavy atom. The van der Waals surface area contributed by atoms with E-state index in [0.717, 1.165) is 5.69 Å². The Balaban J connectivity index is 1.59. The van der Waals surface area contributed by atoms with Crippen LogP contribution in [-0.4, -0.2) is 32.2 Å². The van der Waals surface area contributed by atoms with Crippen LogP contribution in [0, 0.1) is 0 Å². The van der Waals surface area contributed by atoms with E-state index >= 15 is 0 Å². The number of nitrogens with one attached hydrogen (secondary N) is 1. The number of hydrogen-bond acceptors (Lipinski definition) is 4. The van der Waals surface area contributed by atoms with Gasteiger partial charge in [-0.3, -0.25) is 9.59 Å². The van der Waals surface area contributed by atoms with Crippen LogP contribution in [0.5, 0.6) is 11.5 Å². The number of carbonyl (C=O) groups excluding carboxylic acids is 2. The average molecular weight is 312 g/mol. The molecular weight excluding hydrogens is 296 g/mol. The van der Waals surface area contributed by atoms with Crippen LogP contribution in [-0.2, 0) is 4.79 Å². The number of para-hydroxylation sites is 1. The van der Waals surface area contributed by atoms with Gasteiger partial charge in [0.15, 0.2) is 11.5 Å². The van der Waals surface area contributed by atoms with Crippen molar-refractivity contribution in [3.05, 3.63) is 54.1 Å². The molecule has 6 nitrogen and oxygen atoms in total. The minimum absolute atomic E-state index is 0.0847. The lowest BCUT2D eigenvalue weighted by atomic mass is 10.2. The van der Waals surface area contributed by atoms with Crippen LogP contribution in [0.2, 0.25) is 0 Å². The second-order valence-electron chi connectivity index (χ2n) is 5.04. The molecule has 1 aliphatic heterocycles. The number of hydrogen-bond donors (Lipinski definition) is 1. The number of rotatable bonds is 4. The maximum Gasteiger partial charge on any atom is 0.251 e. The number of benzene rings is 2.